The standard InChI is InChI=1S/C27H36N2O3/c30-25(20-1-2-20)28-22-5-9-24(10-6-22)32-23-7-3-21(4-8-23)26(31)29-27-14-17-11-18(15-27)13-19(12-17)16-27/h3-4,7-8,17-20,22,24H,1-2,5-6,9-16H2,(H,28,30)(H,29,31). The van der Waals surface area contributed by atoms with Crippen molar-refractivity contribution in [1.82, 2.24) is 10.6 Å². The number of nitrogens with one attached hydrogen (secondary N) is 2. The first-order chi connectivity index (χ1) is 15.5. The van der Waals surface area contributed by atoms with Crippen molar-refractivity contribution in [3.8, 4) is 5.75 Å². The third-order valence-corrected chi connectivity index (χ3v) is 8.80. The van der Waals surface area contributed by atoms with Crippen LogP contribution in [0.25, 0.3) is 0 Å². The quantitative estimate of drug-likeness (QED) is 0.685. The molecular formula is C27H36N2O3. The number of rotatable bonds is 6. The molecule has 0 saturated heterocycles. The molecule has 7 rings (SSSR count). The van der Waals surface area contributed by atoms with Gasteiger partial charge in [0.15, 0.2) is 0 Å². The summed E-state index contributed by atoms with van der Waals surface area (Å²) < 4.78 is 6.19. The van der Waals surface area contributed by atoms with E-state index in [4.69, 9.17) is 4.74 Å². The van der Waals surface area contributed by atoms with Gasteiger partial charge in [-0.05, 0) is 119 Å². The highest BCUT2D eigenvalue weighted by atomic mass is 16.5. The van der Waals surface area contributed by atoms with E-state index in [0.29, 0.717) is 6.04 Å². The average molecular weight is 437 g/mol. The minimum absolute atomic E-state index is 0.0502. The Hall–Kier alpha value is -2.04. The fraction of sp³-hybridized carbons (Fsp3) is 0.704. The first-order valence-corrected chi connectivity index (χ1v) is 12.9. The van der Waals surface area contributed by atoms with Gasteiger partial charge in [-0.15, -0.1) is 0 Å². The normalized spacial score (nSPS) is 37.7. The second-order valence-electron chi connectivity index (χ2n) is 11.6. The molecule has 6 aliphatic rings. The summed E-state index contributed by atoms with van der Waals surface area (Å²) in [4.78, 5) is 25.0. The Morgan fingerprint density at radius 3 is 1.97 bits per heavy atom. The first kappa shape index (κ1) is 20.6. The third-order valence-electron chi connectivity index (χ3n) is 8.80. The van der Waals surface area contributed by atoms with Crippen molar-refractivity contribution >= 4 is 11.8 Å². The number of benzene rings is 1. The topological polar surface area (TPSA) is 67.4 Å². The second kappa shape index (κ2) is 8.07. The zero-order chi connectivity index (χ0) is 21.7. The lowest BCUT2D eigenvalue weighted by Crippen LogP contribution is -2.59. The largest absolute Gasteiger partial charge is 0.490 e. The summed E-state index contributed by atoms with van der Waals surface area (Å²) in [6.07, 6.45) is 13.9. The Labute approximate surface area is 191 Å². The van der Waals surface area contributed by atoms with E-state index in [9.17, 15) is 9.59 Å². The van der Waals surface area contributed by atoms with Crippen LogP contribution in [0.2, 0.25) is 0 Å². The molecule has 0 spiro atoms. The maximum absolute atomic E-state index is 13.0. The van der Waals surface area contributed by atoms with E-state index in [0.717, 1.165) is 67.6 Å². The van der Waals surface area contributed by atoms with Gasteiger partial charge in [-0.3, -0.25) is 9.59 Å². The van der Waals surface area contributed by atoms with Gasteiger partial charge in [-0.25, -0.2) is 0 Å². The van der Waals surface area contributed by atoms with Gasteiger partial charge < -0.3 is 15.4 Å². The molecule has 1 aromatic rings. The van der Waals surface area contributed by atoms with Crippen molar-refractivity contribution in [2.45, 2.75) is 94.7 Å². The molecule has 1 aromatic carbocycles. The first-order valence-electron chi connectivity index (χ1n) is 12.9. The van der Waals surface area contributed by atoms with Gasteiger partial charge in [0.2, 0.25) is 5.91 Å². The summed E-state index contributed by atoms with van der Waals surface area (Å²) in [7, 11) is 0. The molecule has 0 radical (unpaired) electrons. The molecule has 0 heterocycles. The van der Waals surface area contributed by atoms with Crippen LogP contribution in [0, 0.1) is 23.7 Å². The van der Waals surface area contributed by atoms with Gasteiger partial charge in [0.1, 0.15) is 5.75 Å². The van der Waals surface area contributed by atoms with Gasteiger partial charge in [-0.1, -0.05) is 0 Å². The van der Waals surface area contributed by atoms with Crippen LogP contribution in [-0.4, -0.2) is 29.5 Å². The Kier molecular flexibility index (Phi) is 5.19. The highest BCUT2D eigenvalue weighted by Gasteiger charge is 2.51. The van der Waals surface area contributed by atoms with Crippen molar-refractivity contribution in [1.29, 1.82) is 0 Å². The summed E-state index contributed by atoms with van der Waals surface area (Å²) in [6.45, 7) is 0. The maximum atomic E-state index is 13.0. The summed E-state index contributed by atoms with van der Waals surface area (Å²) in [5.41, 5.74) is 0.786. The number of ether oxygens (including phenoxy) is 1. The van der Waals surface area contributed by atoms with Gasteiger partial charge in [0.25, 0.3) is 5.91 Å². The van der Waals surface area contributed by atoms with Crippen molar-refractivity contribution in [2.24, 2.45) is 23.7 Å². The molecule has 2 amide bonds. The fourth-order valence-corrected chi connectivity index (χ4v) is 7.44. The van der Waals surface area contributed by atoms with Crippen molar-refractivity contribution < 1.29 is 14.3 Å². The lowest BCUT2D eigenvalue weighted by molar-refractivity contribution is -0.123. The molecule has 5 nitrogen and oxygen atoms in total. The zero-order valence-electron chi connectivity index (χ0n) is 19.0. The van der Waals surface area contributed by atoms with Crippen LogP contribution in [0.4, 0.5) is 0 Å². The van der Waals surface area contributed by atoms with Gasteiger partial charge in [-0.2, -0.15) is 0 Å². The van der Waals surface area contributed by atoms with Crippen molar-refractivity contribution in [3.63, 3.8) is 0 Å². The van der Waals surface area contributed by atoms with Gasteiger partial charge in [0.05, 0.1) is 6.10 Å². The molecule has 2 N–H and O–H groups in total. The average Bonchev–Trinajstić information content (AvgIpc) is 3.60. The van der Waals surface area contributed by atoms with Crippen LogP contribution in [0.5, 0.6) is 5.75 Å². The predicted molar refractivity (Wildman–Crippen MR) is 122 cm³/mol. The molecule has 5 heteroatoms. The summed E-state index contributed by atoms with van der Waals surface area (Å²) >= 11 is 0. The smallest absolute Gasteiger partial charge is 0.251 e. The molecule has 0 unspecified atom stereocenters. The monoisotopic (exact) mass is 436 g/mol. The number of amides is 2. The maximum Gasteiger partial charge on any atom is 0.251 e. The Morgan fingerprint density at radius 1 is 0.812 bits per heavy atom. The van der Waals surface area contributed by atoms with Crippen LogP contribution >= 0.6 is 0 Å². The van der Waals surface area contributed by atoms with Crippen LogP contribution in [0.3, 0.4) is 0 Å². The fourth-order valence-electron chi connectivity index (χ4n) is 7.44. The summed E-state index contributed by atoms with van der Waals surface area (Å²) in [5, 5.41) is 6.66. The van der Waals surface area contributed by atoms with Crippen LogP contribution in [-0.2, 0) is 4.79 Å². The van der Waals surface area contributed by atoms with E-state index in [1.165, 1.54) is 38.5 Å². The van der Waals surface area contributed by atoms with E-state index in [1.807, 2.05) is 24.3 Å². The molecule has 6 aliphatic carbocycles. The molecule has 6 fully saturated rings. The van der Waals surface area contributed by atoms with E-state index in [2.05, 4.69) is 10.6 Å². The lowest BCUT2D eigenvalue weighted by atomic mass is 9.53. The Morgan fingerprint density at radius 2 is 1.41 bits per heavy atom. The summed E-state index contributed by atoms with van der Waals surface area (Å²) in [6, 6.07) is 8.00. The molecule has 6 saturated carbocycles. The van der Waals surface area contributed by atoms with Gasteiger partial charge in [0, 0.05) is 23.1 Å². The van der Waals surface area contributed by atoms with E-state index in [-0.39, 0.29) is 29.4 Å². The number of carbonyl (C=O) groups excluding carboxylic acids is 2. The highest BCUT2D eigenvalue weighted by Crippen LogP contribution is 2.55. The minimum atomic E-state index is 0.0502. The Balaban J connectivity index is 1.00. The number of carbonyl (C=O) groups is 2. The SMILES string of the molecule is O=C(NC12CC3CC(CC(C3)C1)C2)c1ccc(OC2CCC(NC(=O)C3CC3)CC2)cc1. The lowest BCUT2D eigenvalue weighted by Gasteiger charge is -2.56. The van der Waals surface area contributed by atoms with E-state index in [1.54, 1.807) is 0 Å². The van der Waals surface area contributed by atoms with Crippen molar-refractivity contribution in [3.05, 3.63) is 29.8 Å². The molecule has 32 heavy (non-hydrogen) atoms. The molecule has 172 valence electrons. The predicted octanol–water partition coefficient (Wildman–Crippen LogP) is 4.60. The highest BCUT2D eigenvalue weighted by molar-refractivity contribution is 5.94. The van der Waals surface area contributed by atoms with Gasteiger partial charge >= 0.3 is 0 Å². The summed E-state index contributed by atoms with van der Waals surface area (Å²) in [5.74, 6) is 3.92. The second-order valence-corrected chi connectivity index (χ2v) is 11.6. The van der Waals surface area contributed by atoms with Crippen LogP contribution in [0.1, 0.15) is 87.4 Å². The third kappa shape index (κ3) is 4.27. The van der Waals surface area contributed by atoms with Crippen LogP contribution in [0.15, 0.2) is 24.3 Å². The molecule has 0 aromatic heterocycles. The van der Waals surface area contributed by atoms with Crippen molar-refractivity contribution in [2.75, 3.05) is 0 Å². The molecule has 4 bridgehead atoms. The van der Waals surface area contributed by atoms with E-state index >= 15 is 0 Å². The molecule has 0 aliphatic heterocycles. The molecule has 0 atom stereocenters. The van der Waals surface area contributed by atoms with E-state index < -0.39 is 0 Å². The Bertz CT molecular complexity index is 832. The minimum Gasteiger partial charge on any atom is -0.490 e. The van der Waals surface area contributed by atoms with Crippen LogP contribution < -0.4 is 15.4 Å². The zero-order valence-corrected chi connectivity index (χ0v) is 19.0. The molecular weight excluding hydrogens is 400 g/mol. The number of hydrogen-bond donors (Lipinski definition) is 2. The number of hydrogen-bond acceptors (Lipinski definition) is 3.